The standard InChI is InChI=1S/C11H12N2O3/c1-2-16-8-5-3-7(4-6-8)9-10(14)12-13-11(9)15/h3-6H,2H2,1H3,(H3,12,13,14,15). The Balaban J connectivity index is 2.39. The van der Waals surface area contributed by atoms with Crippen LogP contribution in [0.4, 0.5) is 0 Å². The number of aromatic hydroxyl groups is 1. The highest BCUT2D eigenvalue weighted by atomic mass is 16.5. The molecule has 0 bridgehead atoms. The van der Waals surface area contributed by atoms with E-state index in [1.165, 1.54) is 0 Å². The van der Waals surface area contributed by atoms with Crippen molar-refractivity contribution in [2.45, 2.75) is 6.92 Å². The van der Waals surface area contributed by atoms with E-state index in [9.17, 15) is 9.90 Å². The molecule has 3 N–H and O–H groups in total. The van der Waals surface area contributed by atoms with Crippen molar-refractivity contribution in [3.8, 4) is 22.8 Å². The molecule has 0 saturated heterocycles. The third-order valence-corrected chi connectivity index (χ3v) is 2.21. The van der Waals surface area contributed by atoms with Crippen molar-refractivity contribution >= 4 is 0 Å². The molecule has 0 radical (unpaired) electrons. The van der Waals surface area contributed by atoms with Gasteiger partial charge in [0.05, 0.1) is 6.61 Å². The van der Waals surface area contributed by atoms with Crippen LogP contribution in [0, 0.1) is 0 Å². The first-order valence-electron chi connectivity index (χ1n) is 4.95. The van der Waals surface area contributed by atoms with Crippen molar-refractivity contribution in [1.29, 1.82) is 0 Å². The normalized spacial score (nSPS) is 10.3. The minimum Gasteiger partial charge on any atom is -0.494 e. The minimum absolute atomic E-state index is 0.158. The maximum absolute atomic E-state index is 11.4. The van der Waals surface area contributed by atoms with Gasteiger partial charge in [-0.25, -0.2) is 0 Å². The largest absolute Gasteiger partial charge is 0.494 e. The van der Waals surface area contributed by atoms with Crippen LogP contribution in [0.5, 0.6) is 11.6 Å². The first-order valence-corrected chi connectivity index (χ1v) is 4.95. The third-order valence-electron chi connectivity index (χ3n) is 2.21. The number of aromatic nitrogens is 2. The molecule has 0 fully saturated rings. The molecule has 1 aromatic carbocycles. The molecular weight excluding hydrogens is 208 g/mol. The van der Waals surface area contributed by atoms with Crippen molar-refractivity contribution < 1.29 is 9.84 Å². The maximum atomic E-state index is 11.4. The zero-order valence-corrected chi connectivity index (χ0v) is 8.78. The summed E-state index contributed by atoms with van der Waals surface area (Å²) >= 11 is 0. The van der Waals surface area contributed by atoms with Gasteiger partial charge in [0.1, 0.15) is 11.3 Å². The van der Waals surface area contributed by atoms with Crippen LogP contribution in [0.3, 0.4) is 0 Å². The Bertz CT molecular complexity index is 525. The maximum Gasteiger partial charge on any atom is 0.275 e. The summed E-state index contributed by atoms with van der Waals surface area (Å²) in [4.78, 5) is 11.4. The molecule has 16 heavy (non-hydrogen) atoms. The van der Waals surface area contributed by atoms with Crippen LogP contribution in [0.15, 0.2) is 29.1 Å². The van der Waals surface area contributed by atoms with Gasteiger partial charge in [0.25, 0.3) is 5.56 Å². The zero-order chi connectivity index (χ0) is 11.5. The van der Waals surface area contributed by atoms with Gasteiger partial charge >= 0.3 is 0 Å². The molecule has 5 heteroatoms. The zero-order valence-electron chi connectivity index (χ0n) is 8.78. The molecule has 0 saturated carbocycles. The summed E-state index contributed by atoms with van der Waals surface area (Å²) in [7, 11) is 0. The topological polar surface area (TPSA) is 78.1 Å². The second kappa shape index (κ2) is 4.14. The number of ether oxygens (including phenoxy) is 1. The van der Waals surface area contributed by atoms with Gasteiger partial charge in [-0.2, -0.15) is 0 Å². The second-order valence-electron chi connectivity index (χ2n) is 3.26. The average molecular weight is 220 g/mol. The molecule has 0 aliphatic rings. The van der Waals surface area contributed by atoms with Crippen molar-refractivity contribution in [1.82, 2.24) is 10.2 Å². The molecule has 0 aliphatic heterocycles. The van der Waals surface area contributed by atoms with Gasteiger partial charge in [-0.15, -0.1) is 0 Å². The number of hydrogen-bond donors (Lipinski definition) is 3. The molecule has 2 rings (SSSR count). The number of benzene rings is 1. The lowest BCUT2D eigenvalue weighted by atomic mass is 10.1. The van der Waals surface area contributed by atoms with E-state index >= 15 is 0 Å². The fourth-order valence-electron chi connectivity index (χ4n) is 1.50. The van der Waals surface area contributed by atoms with Gasteiger partial charge in [-0.05, 0) is 24.6 Å². The van der Waals surface area contributed by atoms with Gasteiger partial charge in [0, 0.05) is 0 Å². The predicted octanol–water partition coefficient (Wildman–Crippen LogP) is 1.47. The molecule has 5 nitrogen and oxygen atoms in total. The van der Waals surface area contributed by atoms with E-state index < -0.39 is 0 Å². The van der Waals surface area contributed by atoms with E-state index in [1.807, 2.05) is 6.92 Å². The quantitative estimate of drug-likeness (QED) is 0.733. The first-order chi connectivity index (χ1) is 7.72. The summed E-state index contributed by atoms with van der Waals surface area (Å²) in [6, 6.07) is 6.96. The van der Waals surface area contributed by atoms with Crippen LogP contribution in [-0.2, 0) is 0 Å². The van der Waals surface area contributed by atoms with Gasteiger partial charge < -0.3 is 9.84 Å². The summed E-state index contributed by atoms with van der Waals surface area (Å²) < 4.78 is 5.28. The van der Waals surface area contributed by atoms with Crippen molar-refractivity contribution in [2.24, 2.45) is 0 Å². The van der Waals surface area contributed by atoms with E-state index in [0.717, 1.165) is 5.75 Å². The Hall–Kier alpha value is -2.17. The summed E-state index contributed by atoms with van der Waals surface area (Å²) in [6.45, 7) is 2.49. The molecule has 0 unspecified atom stereocenters. The molecule has 0 atom stereocenters. The van der Waals surface area contributed by atoms with E-state index in [0.29, 0.717) is 12.2 Å². The van der Waals surface area contributed by atoms with E-state index in [-0.39, 0.29) is 17.0 Å². The number of aromatic amines is 2. The van der Waals surface area contributed by atoms with Crippen LogP contribution in [0.1, 0.15) is 6.92 Å². The number of rotatable bonds is 3. The van der Waals surface area contributed by atoms with Crippen molar-refractivity contribution in [3.63, 3.8) is 0 Å². The van der Waals surface area contributed by atoms with Crippen LogP contribution in [0.25, 0.3) is 11.1 Å². The molecule has 1 heterocycles. The number of nitrogens with one attached hydrogen (secondary N) is 2. The van der Waals surface area contributed by atoms with E-state index in [2.05, 4.69) is 10.2 Å². The molecule has 1 aromatic heterocycles. The highest BCUT2D eigenvalue weighted by molar-refractivity contribution is 5.67. The number of H-pyrrole nitrogens is 2. The smallest absolute Gasteiger partial charge is 0.275 e. The SMILES string of the molecule is CCOc1ccc(-c2c(O)[nH][nH]c2=O)cc1. The average Bonchev–Trinajstić information content (AvgIpc) is 2.61. The number of hydrogen-bond acceptors (Lipinski definition) is 3. The monoisotopic (exact) mass is 220 g/mol. The molecular formula is C11H12N2O3. The lowest BCUT2D eigenvalue weighted by Gasteiger charge is -2.03. The Morgan fingerprint density at radius 3 is 2.44 bits per heavy atom. The fraction of sp³-hybridized carbons (Fsp3) is 0.182. The lowest BCUT2D eigenvalue weighted by molar-refractivity contribution is 0.340. The van der Waals surface area contributed by atoms with Gasteiger partial charge in [0.2, 0.25) is 5.88 Å². The highest BCUT2D eigenvalue weighted by Crippen LogP contribution is 2.24. The Morgan fingerprint density at radius 2 is 1.94 bits per heavy atom. The summed E-state index contributed by atoms with van der Waals surface area (Å²) in [5.41, 5.74) is 0.535. The fourth-order valence-corrected chi connectivity index (χ4v) is 1.50. The van der Waals surface area contributed by atoms with Crippen LogP contribution >= 0.6 is 0 Å². The van der Waals surface area contributed by atoms with E-state index in [4.69, 9.17) is 4.74 Å². The molecule has 84 valence electrons. The van der Waals surface area contributed by atoms with Gasteiger partial charge in [-0.3, -0.25) is 15.0 Å². The van der Waals surface area contributed by atoms with Gasteiger partial charge in [0.15, 0.2) is 0 Å². The Morgan fingerprint density at radius 1 is 1.25 bits per heavy atom. The molecule has 0 spiro atoms. The first kappa shape index (κ1) is 10.4. The molecule has 0 aliphatic carbocycles. The van der Waals surface area contributed by atoms with Crippen LogP contribution < -0.4 is 10.3 Å². The van der Waals surface area contributed by atoms with Gasteiger partial charge in [-0.1, -0.05) is 12.1 Å². The Kier molecular flexibility index (Phi) is 2.68. The van der Waals surface area contributed by atoms with Crippen molar-refractivity contribution in [2.75, 3.05) is 6.61 Å². The molecule has 0 amide bonds. The Labute approximate surface area is 91.7 Å². The minimum atomic E-state index is -0.346. The van der Waals surface area contributed by atoms with Crippen LogP contribution in [0.2, 0.25) is 0 Å². The predicted molar refractivity (Wildman–Crippen MR) is 59.7 cm³/mol. The summed E-state index contributed by atoms with van der Waals surface area (Å²) in [5.74, 6) is 0.576. The van der Waals surface area contributed by atoms with E-state index in [1.54, 1.807) is 24.3 Å². The van der Waals surface area contributed by atoms with Crippen LogP contribution in [-0.4, -0.2) is 21.9 Å². The summed E-state index contributed by atoms with van der Waals surface area (Å²) in [5, 5.41) is 14.1. The van der Waals surface area contributed by atoms with Crippen molar-refractivity contribution in [3.05, 3.63) is 34.6 Å². The lowest BCUT2D eigenvalue weighted by Crippen LogP contribution is -2.01. The second-order valence-corrected chi connectivity index (χ2v) is 3.26. The third kappa shape index (κ3) is 1.79. The highest BCUT2D eigenvalue weighted by Gasteiger charge is 2.10. The molecule has 2 aromatic rings. The summed E-state index contributed by atoms with van der Waals surface area (Å²) in [6.07, 6.45) is 0.